The monoisotopic (exact) mass is 422 g/mol. The lowest BCUT2D eigenvalue weighted by Gasteiger charge is -2.42. The van der Waals surface area contributed by atoms with Gasteiger partial charge in [-0.2, -0.15) is 5.26 Å². The van der Waals surface area contributed by atoms with Gasteiger partial charge in [0.05, 0.1) is 41.2 Å². The van der Waals surface area contributed by atoms with Crippen molar-refractivity contribution in [2.24, 2.45) is 0 Å². The molecule has 0 saturated carbocycles. The Kier molecular flexibility index (Phi) is 5.33. The van der Waals surface area contributed by atoms with E-state index in [0.717, 1.165) is 17.0 Å². The summed E-state index contributed by atoms with van der Waals surface area (Å²) in [6, 6.07) is 16.0. The molecular formula is C21H18N4O4S. The normalized spacial score (nSPS) is 18.7. The summed E-state index contributed by atoms with van der Waals surface area (Å²) in [6.07, 6.45) is 0.154. The number of carbonyl (C=O) groups excluding carboxylic acids is 1. The highest BCUT2D eigenvalue weighted by molar-refractivity contribution is 8.03. The molecular weight excluding hydrogens is 404 g/mol. The maximum Gasteiger partial charge on any atom is 0.269 e. The van der Waals surface area contributed by atoms with Gasteiger partial charge in [-0.15, -0.1) is 0 Å². The van der Waals surface area contributed by atoms with Crippen LogP contribution in [0.3, 0.4) is 0 Å². The molecule has 30 heavy (non-hydrogen) atoms. The van der Waals surface area contributed by atoms with Gasteiger partial charge in [0.15, 0.2) is 0 Å². The maximum atomic E-state index is 12.9. The molecule has 1 saturated heterocycles. The number of hydrogen-bond acceptors (Lipinski definition) is 7. The fraction of sp³-hybridized carbons (Fsp3) is 0.238. The van der Waals surface area contributed by atoms with E-state index in [0.29, 0.717) is 23.1 Å². The first kappa shape index (κ1) is 19.8. The molecule has 152 valence electrons. The SMILES string of the molecule is COc1ccc(N2CSC3=C(C#N)C(c4ccc([N+](=O)[O-])cc4)CC(=O)N3C2)cc1. The smallest absolute Gasteiger partial charge is 0.269 e. The van der Waals surface area contributed by atoms with Crippen LogP contribution in [0.5, 0.6) is 5.75 Å². The van der Waals surface area contributed by atoms with Crippen molar-refractivity contribution in [1.29, 1.82) is 5.26 Å². The van der Waals surface area contributed by atoms with Crippen LogP contribution in [0.1, 0.15) is 17.9 Å². The average Bonchev–Trinajstić information content (AvgIpc) is 2.79. The number of thioether (sulfide) groups is 1. The maximum absolute atomic E-state index is 12.9. The Hall–Kier alpha value is -3.51. The second kappa shape index (κ2) is 8.08. The summed E-state index contributed by atoms with van der Waals surface area (Å²) < 4.78 is 5.19. The predicted octanol–water partition coefficient (Wildman–Crippen LogP) is 3.82. The second-order valence-electron chi connectivity index (χ2n) is 6.91. The first-order chi connectivity index (χ1) is 14.5. The number of fused-ring (bicyclic) bond motifs is 1. The van der Waals surface area contributed by atoms with Crippen LogP contribution >= 0.6 is 11.8 Å². The molecule has 1 unspecified atom stereocenters. The van der Waals surface area contributed by atoms with E-state index in [2.05, 4.69) is 11.0 Å². The first-order valence-corrected chi connectivity index (χ1v) is 10.2. The minimum Gasteiger partial charge on any atom is -0.497 e. The Morgan fingerprint density at radius 1 is 1.20 bits per heavy atom. The summed E-state index contributed by atoms with van der Waals surface area (Å²) >= 11 is 1.45. The number of hydrogen-bond donors (Lipinski definition) is 0. The van der Waals surface area contributed by atoms with Crippen molar-refractivity contribution in [3.8, 4) is 11.8 Å². The zero-order valence-corrected chi connectivity index (χ0v) is 17.0. The van der Waals surface area contributed by atoms with E-state index in [1.807, 2.05) is 24.3 Å². The molecule has 2 aromatic rings. The lowest BCUT2D eigenvalue weighted by molar-refractivity contribution is -0.384. The third-order valence-electron chi connectivity index (χ3n) is 5.24. The van der Waals surface area contributed by atoms with Crippen LogP contribution < -0.4 is 9.64 Å². The number of methoxy groups -OCH3 is 1. The van der Waals surface area contributed by atoms with E-state index in [-0.39, 0.29) is 18.0 Å². The molecule has 0 spiro atoms. The van der Waals surface area contributed by atoms with Crippen molar-refractivity contribution in [2.45, 2.75) is 12.3 Å². The van der Waals surface area contributed by atoms with Crippen molar-refractivity contribution in [1.82, 2.24) is 4.90 Å². The summed E-state index contributed by atoms with van der Waals surface area (Å²) in [5.74, 6) is 0.896. The zero-order valence-electron chi connectivity index (χ0n) is 16.1. The molecule has 1 amide bonds. The molecule has 2 aromatic carbocycles. The number of ether oxygens (including phenoxy) is 1. The third-order valence-corrected chi connectivity index (χ3v) is 6.39. The van der Waals surface area contributed by atoms with Crippen LogP contribution in [0, 0.1) is 21.4 Å². The topological polar surface area (TPSA) is 99.7 Å². The number of benzene rings is 2. The van der Waals surface area contributed by atoms with Gasteiger partial charge in [-0.05, 0) is 29.8 Å². The molecule has 8 nitrogen and oxygen atoms in total. The molecule has 2 aliphatic heterocycles. The molecule has 2 heterocycles. The highest BCUT2D eigenvalue weighted by atomic mass is 32.2. The standard InChI is InChI=1S/C21H18N4O4S/c1-29-17-8-6-15(7-9-17)23-12-24-20(26)10-18(19(11-22)21(24)30-13-23)14-2-4-16(5-3-14)25(27)28/h2-9,18H,10,12-13H2,1H3. The number of rotatable bonds is 4. The molecule has 0 aromatic heterocycles. The Bertz CT molecular complexity index is 1060. The summed E-state index contributed by atoms with van der Waals surface area (Å²) in [7, 11) is 1.61. The van der Waals surface area contributed by atoms with Gasteiger partial charge in [0, 0.05) is 30.2 Å². The summed E-state index contributed by atoms with van der Waals surface area (Å²) in [5, 5.41) is 21.4. The van der Waals surface area contributed by atoms with E-state index in [1.54, 1.807) is 24.1 Å². The minimum absolute atomic E-state index is 0.0177. The van der Waals surface area contributed by atoms with Gasteiger partial charge in [0.25, 0.3) is 5.69 Å². The summed E-state index contributed by atoms with van der Waals surface area (Å²) in [5.41, 5.74) is 2.21. The number of carbonyl (C=O) groups is 1. The second-order valence-corrected chi connectivity index (χ2v) is 7.84. The van der Waals surface area contributed by atoms with Crippen molar-refractivity contribution in [2.75, 3.05) is 24.6 Å². The Balaban J connectivity index is 1.61. The summed E-state index contributed by atoms with van der Waals surface area (Å²) in [4.78, 5) is 27.1. The fourth-order valence-corrected chi connectivity index (χ4v) is 4.80. The van der Waals surface area contributed by atoms with Gasteiger partial charge in [-0.1, -0.05) is 23.9 Å². The van der Waals surface area contributed by atoms with Crippen molar-refractivity contribution in [3.05, 3.63) is 74.8 Å². The molecule has 4 rings (SSSR count). The molecule has 0 N–H and O–H groups in total. The Morgan fingerprint density at radius 3 is 2.50 bits per heavy atom. The highest BCUT2D eigenvalue weighted by Gasteiger charge is 2.38. The highest BCUT2D eigenvalue weighted by Crippen LogP contribution is 2.43. The number of nitriles is 1. The van der Waals surface area contributed by atoms with Crippen LogP contribution in [-0.4, -0.2) is 35.4 Å². The lowest BCUT2D eigenvalue weighted by Crippen LogP contribution is -2.47. The van der Waals surface area contributed by atoms with Crippen molar-refractivity contribution >= 4 is 29.0 Å². The van der Waals surface area contributed by atoms with Gasteiger partial charge < -0.3 is 9.64 Å². The predicted molar refractivity (Wildman–Crippen MR) is 113 cm³/mol. The Morgan fingerprint density at radius 2 is 1.90 bits per heavy atom. The van der Waals surface area contributed by atoms with Crippen LogP contribution in [0.25, 0.3) is 0 Å². The number of nitrogens with zero attached hydrogens (tertiary/aromatic N) is 4. The van der Waals surface area contributed by atoms with E-state index in [4.69, 9.17) is 4.74 Å². The molecule has 1 fully saturated rings. The van der Waals surface area contributed by atoms with Gasteiger partial charge in [-0.3, -0.25) is 19.8 Å². The average molecular weight is 422 g/mol. The van der Waals surface area contributed by atoms with E-state index >= 15 is 0 Å². The molecule has 2 aliphatic rings. The van der Waals surface area contributed by atoms with Gasteiger partial charge >= 0.3 is 0 Å². The molecule has 9 heteroatoms. The largest absolute Gasteiger partial charge is 0.497 e. The van der Waals surface area contributed by atoms with E-state index in [1.165, 1.54) is 23.9 Å². The molecule has 1 atom stereocenters. The third kappa shape index (κ3) is 3.57. The first-order valence-electron chi connectivity index (χ1n) is 9.22. The van der Waals surface area contributed by atoms with Crippen LogP contribution in [-0.2, 0) is 4.79 Å². The Labute approximate surface area is 177 Å². The van der Waals surface area contributed by atoms with Crippen LogP contribution in [0.4, 0.5) is 11.4 Å². The van der Waals surface area contributed by atoms with Crippen molar-refractivity contribution < 1.29 is 14.5 Å². The zero-order chi connectivity index (χ0) is 21.3. The van der Waals surface area contributed by atoms with Crippen LogP contribution in [0.2, 0.25) is 0 Å². The minimum atomic E-state index is -0.466. The van der Waals surface area contributed by atoms with Crippen molar-refractivity contribution in [3.63, 3.8) is 0 Å². The number of amides is 1. The number of non-ortho nitro benzene ring substituents is 1. The lowest BCUT2D eigenvalue weighted by atomic mass is 9.86. The molecule has 0 aliphatic carbocycles. The van der Waals surface area contributed by atoms with Crippen LogP contribution in [0.15, 0.2) is 59.1 Å². The quantitative estimate of drug-likeness (QED) is 0.545. The number of nitro benzene ring substituents is 1. The van der Waals surface area contributed by atoms with Gasteiger partial charge in [0.1, 0.15) is 5.75 Å². The number of allylic oxidation sites excluding steroid dienone is 1. The number of anilines is 1. The molecule has 0 bridgehead atoms. The molecule has 0 radical (unpaired) electrons. The number of nitro groups is 1. The van der Waals surface area contributed by atoms with E-state index in [9.17, 15) is 20.2 Å². The van der Waals surface area contributed by atoms with Gasteiger partial charge in [-0.25, -0.2) is 0 Å². The fourth-order valence-electron chi connectivity index (χ4n) is 3.63. The van der Waals surface area contributed by atoms with Gasteiger partial charge in [0.2, 0.25) is 5.91 Å². The van der Waals surface area contributed by atoms with E-state index < -0.39 is 10.8 Å². The summed E-state index contributed by atoms with van der Waals surface area (Å²) in [6.45, 7) is 0.367.